The van der Waals surface area contributed by atoms with Crippen molar-refractivity contribution in [1.29, 1.82) is 0 Å². The number of fused-ring (bicyclic) bond motifs is 3. The van der Waals surface area contributed by atoms with Gasteiger partial charge in [-0.1, -0.05) is 26.7 Å². The summed E-state index contributed by atoms with van der Waals surface area (Å²) in [5, 5.41) is 31.2. The van der Waals surface area contributed by atoms with E-state index >= 15 is 0 Å². The number of phenolic OH excluding ortho intramolecular Hbond substituents is 1. The van der Waals surface area contributed by atoms with E-state index in [9.17, 15) is 15.3 Å². The number of benzene rings is 1. The van der Waals surface area contributed by atoms with Crippen LogP contribution in [0.4, 0.5) is 0 Å². The van der Waals surface area contributed by atoms with Gasteiger partial charge in [0.05, 0.1) is 12.2 Å². The van der Waals surface area contributed by atoms with E-state index in [0.29, 0.717) is 6.42 Å². The van der Waals surface area contributed by atoms with Crippen molar-refractivity contribution in [2.45, 2.75) is 64.6 Å². The second-order valence-corrected chi connectivity index (χ2v) is 8.11. The number of phenols is 1. The molecule has 124 valence electrons. The lowest BCUT2D eigenvalue weighted by atomic mass is 9.48. The van der Waals surface area contributed by atoms with Gasteiger partial charge in [-0.15, -0.1) is 6.42 Å². The molecule has 0 amide bonds. The molecule has 4 atom stereocenters. The first-order valence-electron chi connectivity index (χ1n) is 8.33. The molecule has 1 fully saturated rings. The zero-order valence-electron chi connectivity index (χ0n) is 14.3. The topological polar surface area (TPSA) is 60.7 Å². The average molecular weight is 314 g/mol. The molecule has 0 aromatic heterocycles. The molecular weight excluding hydrogens is 288 g/mol. The summed E-state index contributed by atoms with van der Waals surface area (Å²) in [7, 11) is 0. The highest BCUT2D eigenvalue weighted by Crippen LogP contribution is 2.58. The van der Waals surface area contributed by atoms with Crippen molar-refractivity contribution < 1.29 is 15.3 Å². The number of aromatic hydroxyl groups is 1. The van der Waals surface area contributed by atoms with Gasteiger partial charge in [0.15, 0.2) is 0 Å². The van der Waals surface area contributed by atoms with Crippen LogP contribution in [0.3, 0.4) is 0 Å². The van der Waals surface area contributed by atoms with E-state index in [1.54, 1.807) is 0 Å². The second-order valence-electron chi connectivity index (χ2n) is 8.11. The summed E-state index contributed by atoms with van der Waals surface area (Å²) in [4.78, 5) is 0. The Bertz CT molecular complexity index is 698. The van der Waals surface area contributed by atoms with Crippen LogP contribution in [0.2, 0.25) is 0 Å². The Morgan fingerprint density at radius 2 is 1.91 bits per heavy atom. The lowest BCUT2D eigenvalue weighted by Gasteiger charge is -2.57. The molecule has 3 heteroatoms. The summed E-state index contributed by atoms with van der Waals surface area (Å²) in [6, 6.07) is 1.83. The summed E-state index contributed by atoms with van der Waals surface area (Å²) < 4.78 is 0. The van der Waals surface area contributed by atoms with Crippen molar-refractivity contribution in [3.05, 3.63) is 28.3 Å². The molecule has 1 aromatic rings. The fourth-order valence-corrected chi connectivity index (χ4v) is 5.27. The molecule has 3 N–H and O–H groups in total. The van der Waals surface area contributed by atoms with Crippen LogP contribution in [-0.4, -0.2) is 27.5 Å². The van der Waals surface area contributed by atoms with Gasteiger partial charge in [-0.2, -0.15) is 0 Å². The van der Waals surface area contributed by atoms with E-state index in [1.807, 2.05) is 26.8 Å². The maximum atomic E-state index is 10.5. The number of terminal acetylenes is 1. The molecule has 23 heavy (non-hydrogen) atoms. The molecule has 3 nitrogen and oxygen atoms in total. The molecule has 0 heterocycles. The number of rotatable bonds is 0. The predicted molar refractivity (Wildman–Crippen MR) is 90.4 cm³/mol. The standard InChI is InChI=1S/C20H26O3/c1-6-12-11(2)15(21)9-14-13(12)7-8-17-19(3,4)18(23)16(22)10-20(14,17)5/h1,9,16-18,21-23H,7-8,10H2,2-5H3. The van der Waals surface area contributed by atoms with Crippen LogP contribution in [0.5, 0.6) is 5.75 Å². The minimum atomic E-state index is -0.769. The first kappa shape index (κ1) is 16.4. The zero-order valence-corrected chi connectivity index (χ0v) is 14.3. The van der Waals surface area contributed by atoms with Crippen LogP contribution in [0.25, 0.3) is 0 Å². The first-order valence-corrected chi connectivity index (χ1v) is 8.33. The molecule has 2 aliphatic rings. The average Bonchev–Trinajstić information content (AvgIpc) is 2.47. The van der Waals surface area contributed by atoms with E-state index in [2.05, 4.69) is 12.8 Å². The number of aliphatic hydroxyl groups is 2. The molecule has 0 saturated heterocycles. The maximum absolute atomic E-state index is 10.5. The Morgan fingerprint density at radius 3 is 2.52 bits per heavy atom. The minimum Gasteiger partial charge on any atom is -0.508 e. The number of hydrogen-bond acceptors (Lipinski definition) is 3. The van der Waals surface area contributed by atoms with Crippen molar-refractivity contribution in [2.75, 3.05) is 0 Å². The van der Waals surface area contributed by atoms with Crippen LogP contribution in [0, 0.1) is 30.6 Å². The van der Waals surface area contributed by atoms with Gasteiger partial charge >= 0.3 is 0 Å². The number of hydrogen-bond donors (Lipinski definition) is 3. The van der Waals surface area contributed by atoms with E-state index in [1.165, 1.54) is 0 Å². The lowest BCUT2D eigenvalue weighted by molar-refractivity contribution is -0.142. The number of aliphatic hydroxyl groups excluding tert-OH is 2. The first-order chi connectivity index (χ1) is 10.6. The van der Waals surface area contributed by atoms with E-state index in [4.69, 9.17) is 6.42 Å². The van der Waals surface area contributed by atoms with Crippen LogP contribution in [-0.2, 0) is 11.8 Å². The van der Waals surface area contributed by atoms with Crippen molar-refractivity contribution in [3.63, 3.8) is 0 Å². The SMILES string of the molecule is C#Cc1c(C)c(O)cc2c1CCC1C2(C)CC(O)C(O)C1(C)C. The lowest BCUT2D eigenvalue weighted by Crippen LogP contribution is -2.59. The van der Waals surface area contributed by atoms with Crippen LogP contribution in [0.1, 0.15) is 55.9 Å². The van der Waals surface area contributed by atoms with Gasteiger partial charge in [-0.25, -0.2) is 0 Å². The van der Waals surface area contributed by atoms with Gasteiger partial charge in [0.2, 0.25) is 0 Å². The Labute approximate surface area is 138 Å². The van der Waals surface area contributed by atoms with E-state index < -0.39 is 12.2 Å². The van der Waals surface area contributed by atoms with E-state index in [-0.39, 0.29) is 22.5 Å². The molecule has 0 radical (unpaired) electrons. The Kier molecular flexibility index (Phi) is 3.55. The largest absolute Gasteiger partial charge is 0.508 e. The van der Waals surface area contributed by atoms with Crippen molar-refractivity contribution >= 4 is 0 Å². The normalized spacial score (nSPS) is 35.1. The van der Waals surface area contributed by atoms with Crippen LogP contribution in [0.15, 0.2) is 6.07 Å². The fraction of sp³-hybridized carbons (Fsp3) is 0.600. The minimum absolute atomic E-state index is 0.219. The molecule has 0 aliphatic heterocycles. The summed E-state index contributed by atoms with van der Waals surface area (Å²) in [6.07, 6.45) is 6.48. The van der Waals surface area contributed by atoms with Crippen molar-refractivity contribution in [2.24, 2.45) is 11.3 Å². The molecule has 2 aliphatic carbocycles. The van der Waals surface area contributed by atoms with Crippen molar-refractivity contribution in [3.8, 4) is 18.1 Å². The predicted octanol–water partition coefficient (Wildman–Crippen LogP) is 2.65. The van der Waals surface area contributed by atoms with Gasteiger partial charge in [0.25, 0.3) is 0 Å². The summed E-state index contributed by atoms with van der Waals surface area (Å²) >= 11 is 0. The van der Waals surface area contributed by atoms with Gasteiger partial charge < -0.3 is 15.3 Å². The molecule has 1 aromatic carbocycles. The van der Waals surface area contributed by atoms with Gasteiger partial charge in [0.1, 0.15) is 5.75 Å². The van der Waals surface area contributed by atoms with Crippen LogP contribution < -0.4 is 0 Å². The monoisotopic (exact) mass is 314 g/mol. The second kappa shape index (κ2) is 5.00. The third kappa shape index (κ3) is 2.05. The van der Waals surface area contributed by atoms with Gasteiger partial charge in [0, 0.05) is 11.1 Å². The molecule has 0 bridgehead atoms. The summed E-state index contributed by atoms with van der Waals surface area (Å²) in [5.41, 5.74) is 3.03. The molecule has 0 spiro atoms. The molecule has 1 saturated carbocycles. The highest BCUT2D eigenvalue weighted by atomic mass is 16.3. The maximum Gasteiger partial charge on any atom is 0.120 e. The zero-order chi connectivity index (χ0) is 17.2. The highest BCUT2D eigenvalue weighted by molar-refractivity contribution is 5.58. The Balaban J connectivity index is 2.25. The fourth-order valence-electron chi connectivity index (χ4n) is 5.27. The molecule has 3 rings (SSSR count). The van der Waals surface area contributed by atoms with E-state index in [0.717, 1.165) is 35.1 Å². The third-order valence-electron chi connectivity index (χ3n) is 6.54. The molecule has 4 unspecified atom stereocenters. The summed E-state index contributed by atoms with van der Waals surface area (Å²) in [5.74, 6) is 3.20. The van der Waals surface area contributed by atoms with Crippen molar-refractivity contribution in [1.82, 2.24) is 0 Å². The molecular formula is C20H26O3. The van der Waals surface area contributed by atoms with Crippen LogP contribution >= 0.6 is 0 Å². The smallest absolute Gasteiger partial charge is 0.120 e. The Hall–Kier alpha value is -1.50. The highest BCUT2D eigenvalue weighted by Gasteiger charge is 2.56. The third-order valence-corrected chi connectivity index (χ3v) is 6.54. The summed E-state index contributed by atoms with van der Waals surface area (Å²) in [6.45, 7) is 8.05. The Morgan fingerprint density at radius 1 is 1.26 bits per heavy atom. The quantitative estimate of drug-likeness (QED) is 0.645. The van der Waals surface area contributed by atoms with Gasteiger partial charge in [-0.05, 0) is 60.1 Å². The van der Waals surface area contributed by atoms with Gasteiger partial charge in [-0.3, -0.25) is 0 Å².